The minimum atomic E-state index is -4.14. The second-order valence-corrected chi connectivity index (χ2v) is 5.50. The lowest BCUT2D eigenvalue weighted by Gasteiger charge is -2.36. The Morgan fingerprint density at radius 2 is 1.88 bits per heavy atom. The molecule has 0 atom stereocenters. The molecule has 0 aliphatic carbocycles. The molecule has 10 heteroatoms. The molecule has 0 spiro atoms. The van der Waals surface area contributed by atoms with Gasteiger partial charge in [-0.3, -0.25) is 9.53 Å². The molecule has 0 saturated carbocycles. The number of fused-ring (bicyclic) bond motifs is 1. The van der Waals surface area contributed by atoms with E-state index in [0.717, 1.165) is 0 Å². The van der Waals surface area contributed by atoms with Crippen LogP contribution in [-0.4, -0.2) is 48.7 Å². The van der Waals surface area contributed by atoms with E-state index in [1.165, 1.54) is 12.1 Å². The van der Waals surface area contributed by atoms with Gasteiger partial charge in [0, 0.05) is 17.8 Å². The van der Waals surface area contributed by atoms with Crippen molar-refractivity contribution in [3.05, 3.63) is 29.3 Å². The predicted octanol–water partition coefficient (Wildman–Crippen LogP) is 2.02. The fourth-order valence-corrected chi connectivity index (χ4v) is 2.70. The number of urea groups is 1. The van der Waals surface area contributed by atoms with Gasteiger partial charge >= 0.3 is 18.2 Å². The predicted molar refractivity (Wildman–Crippen MR) is 74.0 cm³/mol. The van der Waals surface area contributed by atoms with Gasteiger partial charge in [-0.05, 0) is 24.1 Å². The standard InChI is InChI=1S/C14H13F4N3O3/c15-13(16)6-21(7-14(17,18)24-13)12(23)20-10-3-1-2-9-8(10)4-5-19-11(9)22/h1-3H,4-7H2,(H,19,22)(H,20,23). The van der Waals surface area contributed by atoms with Gasteiger partial charge in [-0.15, -0.1) is 0 Å². The first-order chi connectivity index (χ1) is 11.2. The van der Waals surface area contributed by atoms with Crippen LogP contribution in [-0.2, 0) is 11.2 Å². The molecule has 130 valence electrons. The Morgan fingerprint density at radius 3 is 2.54 bits per heavy atom. The van der Waals surface area contributed by atoms with E-state index in [-0.39, 0.29) is 16.5 Å². The van der Waals surface area contributed by atoms with Gasteiger partial charge in [0.1, 0.15) is 13.1 Å². The SMILES string of the molecule is O=C1NCCc2c(NC(=O)N3CC(F)(F)OC(F)(F)C3)cccc21. The van der Waals surface area contributed by atoms with Crippen LogP contribution in [0, 0.1) is 0 Å². The number of carbonyl (C=O) groups excluding carboxylic acids is 2. The lowest BCUT2D eigenvalue weighted by Crippen LogP contribution is -2.57. The first kappa shape index (κ1) is 16.5. The molecule has 2 N–H and O–H groups in total. The van der Waals surface area contributed by atoms with Crippen molar-refractivity contribution >= 4 is 17.6 Å². The van der Waals surface area contributed by atoms with Crippen LogP contribution in [0.2, 0.25) is 0 Å². The molecule has 24 heavy (non-hydrogen) atoms. The van der Waals surface area contributed by atoms with Crippen LogP contribution in [0.15, 0.2) is 18.2 Å². The van der Waals surface area contributed by atoms with Gasteiger partial charge < -0.3 is 15.5 Å². The fourth-order valence-electron chi connectivity index (χ4n) is 2.70. The molecule has 3 rings (SSSR count). The summed E-state index contributed by atoms with van der Waals surface area (Å²) in [6, 6.07) is 3.42. The fraction of sp³-hybridized carbons (Fsp3) is 0.429. The van der Waals surface area contributed by atoms with Crippen molar-refractivity contribution < 1.29 is 31.9 Å². The minimum Gasteiger partial charge on any atom is -0.352 e. The van der Waals surface area contributed by atoms with Gasteiger partial charge in [0.05, 0.1) is 0 Å². The third-order valence-electron chi connectivity index (χ3n) is 3.66. The van der Waals surface area contributed by atoms with E-state index in [9.17, 15) is 27.2 Å². The number of rotatable bonds is 1. The highest BCUT2D eigenvalue weighted by Gasteiger charge is 2.52. The van der Waals surface area contributed by atoms with Crippen molar-refractivity contribution in [1.29, 1.82) is 0 Å². The Hall–Kier alpha value is -2.36. The van der Waals surface area contributed by atoms with Crippen molar-refractivity contribution in [3.63, 3.8) is 0 Å². The van der Waals surface area contributed by atoms with Crippen molar-refractivity contribution in [2.45, 2.75) is 18.6 Å². The van der Waals surface area contributed by atoms with Gasteiger partial charge in [0.15, 0.2) is 0 Å². The molecule has 2 aliphatic heterocycles. The number of hydrogen-bond acceptors (Lipinski definition) is 3. The molecule has 1 saturated heterocycles. The second kappa shape index (κ2) is 5.62. The number of amides is 3. The molecule has 3 amide bonds. The minimum absolute atomic E-state index is 0.227. The van der Waals surface area contributed by atoms with E-state index in [0.29, 0.717) is 24.1 Å². The monoisotopic (exact) mass is 347 g/mol. The number of alkyl halides is 4. The Morgan fingerprint density at radius 1 is 1.21 bits per heavy atom. The van der Waals surface area contributed by atoms with Crippen molar-refractivity contribution in [3.8, 4) is 0 Å². The van der Waals surface area contributed by atoms with Crippen molar-refractivity contribution in [1.82, 2.24) is 10.2 Å². The maximum absolute atomic E-state index is 13.2. The number of morpholine rings is 1. The molecule has 0 radical (unpaired) electrons. The van der Waals surface area contributed by atoms with Gasteiger partial charge in [-0.1, -0.05) is 6.07 Å². The van der Waals surface area contributed by atoms with Crippen LogP contribution in [0.25, 0.3) is 0 Å². The molecule has 1 aromatic rings. The van der Waals surface area contributed by atoms with Crippen LogP contribution in [0.3, 0.4) is 0 Å². The number of benzene rings is 1. The van der Waals surface area contributed by atoms with Crippen LogP contribution >= 0.6 is 0 Å². The molecule has 2 heterocycles. The molecule has 2 aliphatic rings. The quantitative estimate of drug-likeness (QED) is 0.764. The zero-order valence-corrected chi connectivity index (χ0v) is 12.2. The van der Waals surface area contributed by atoms with Crippen molar-refractivity contribution in [2.75, 3.05) is 25.0 Å². The second-order valence-electron chi connectivity index (χ2n) is 5.50. The summed E-state index contributed by atoms with van der Waals surface area (Å²) in [7, 11) is 0. The summed E-state index contributed by atoms with van der Waals surface area (Å²) >= 11 is 0. The molecule has 1 fully saturated rings. The molecule has 6 nitrogen and oxygen atoms in total. The highest BCUT2D eigenvalue weighted by atomic mass is 19.3. The summed E-state index contributed by atoms with van der Waals surface area (Å²) < 4.78 is 56.1. The Bertz CT molecular complexity index is 680. The normalized spacial score (nSPS) is 21.7. The number of carbonyl (C=O) groups is 2. The molecular formula is C14H13F4N3O3. The number of halogens is 4. The smallest absolute Gasteiger partial charge is 0.352 e. The summed E-state index contributed by atoms with van der Waals surface area (Å²) in [6.07, 6.45) is -7.86. The number of hydrogen-bond donors (Lipinski definition) is 2. The maximum Gasteiger partial charge on any atom is 0.377 e. The van der Waals surface area contributed by atoms with Crippen LogP contribution in [0.4, 0.5) is 28.0 Å². The first-order valence-electron chi connectivity index (χ1n) is 7.09. The molecule has 0 unspecified atom stereocenters. The van der Waals surface area contributed by atoms with Gasteiger partial charge in [-0.25, -0.2) is 4.79 Å². The lowest BCUT2D eigenvalue weighted by atomic mass is 9.98. The summed E-state index contributed by atoms with van der Waals surface area (Å²) in [5.41, 5.74) is 1.10. The Kier molecular flexibility index (Phi) is 3.86. The zero-order chi connectivity index (χ0) is 17.5. The molecule has 1 aromatic carbocycles. The van der Waals surface area contributed by atoms with Gasteiger partial charge in [-0.2, -0.15) is 17.6 Å². The summed E-state index contributed by atoms with van der Waals surface area (Å²) in [4.78, 5) is 24.1. The van der Waals surface area contributed by atoms with Gasteiger partial charge in [0.2, 0.25) is 0 Å². The van der Waals surface area contributed by atoms with Crippen LogP contribution in [0.1, 0.15) is 15.9 Å². The van der Waals surface area contributed by atoms with E-state index < -0.39 is 31.3 Å². The van der Waals surface area contributed by atoms with Crippen molar-refractivity contribution in [2.24, 2.45) is 0 Å². The topological polar surface area (TPSA) is 70.7 Å². The molecule has 0 aromatic heterocycles. The maximum atomic E-state index is 13.2. The van der Waals surface area contributed by atoms with E-state index in [1.807, 2.05) is 0 Å². The largest absolute Gasteiger partial charge is 0.377 e. The average Bonchev–Trinajstić information content (AvgIpc) is 2.45. The number of nitrogens with one attached hydrogen (secondary N) is 2. The van der Waals surface area contributed by atoms with E-state index in [1.54, 1.807) is 6.07 Å². The Balaban J connectivity index is 1.81. The third-order valence-corrected chi connectivity index (χ3v) is 3.66. The number of anilines is 1. The molecular weight excluding hydrogens is 334 g/mol. The van der Waals surface area contributed by atoms with E-state index in [4.69, 9.17) is 0 Å². The van der Waals surface area contributed by atoms with Gasteiger partial charge in [0.25, 0.3) is 5.91 Å². The highest BCUT2D eigenvalue weighted by molar-refractivity contribution is 6.00. The van der Waals surface area contributed by atoms with E-state index in [2.05, 4.69) is 15.4 Å². The zero-order valence-electron chi connectivity index (χ0n) is 12.2. The highest BCUT2D eigenvalue weighted by Crippen LogP contribution is 2.34. The van der Waals surface area contributed by atoms with Crippen LogP contribution < -0.4 is 10.6 Å². The summed E-state index contributed by atoms with van der Waals surface area (Å²) in [5.74, 6) is -0.322. The van der Waals surface area contributed by atoms with Crippen LogP contribution in [0.5, 0.6) is 0 Å². The Labute approximate surface area is 133 Å². The first-order valence-corrected chi connectivity index (χ1v) is 7.09. The number of nitrogens with zero attached hydrogens (tertiary/aromatic N) is 1. The van der Waals surface area contributed by atoms with E-state index >= 15 is 0 Å². The summed E-state index contributed by atoms with van der Waals surface area (Å²) in [5, 5.41) is 4.95. The molecule has 0 bridgehead atoms. The third kappa shape index (κ3) is 3.28. The number of ether oxygens (including phenoxy) is 1. The average molecular weight is 347 g/mol. The summed E-state index contributed by atoms with van der Waals surface area (Å²) in [6.45, 7) is -2.22. The lowest BCUT2D eigenvalue weighted by molar-refractivity contribution is -0.399.